The number of carbonyl (C=O) groups is 2. The van der Waals surface area contributed by atoms with E-state index in [-0.39, 0.29) is 11.3 Å². The molecule has 0 aliphatic heterocycles. The van der Waals surface area contributed by atoms with Gasteiger partial charge < -0.3 is 9.84 Å². The highest BCUT2D eigenvalue weighted by Crippen LogP contribution is 2.22. The summed E-state index contributed by atoms with van der Waals surface area (Å²) >= 11 is 0. The molecule has 0 radical (unpaired) electrons. The highest BCUT2D eigenvalue weighted by Gasteiger charge is 2.16. The Bertz CT molecular complexity index is 732. The van der Waals surface area contributed by atoms with Crippen molar-refractivity contribution in [2.24, 2.45) is 0 Å². The maximum Gasteiger partial charge on any atom is 0.343 e. The molecule has 0 aromatic heterocycles. The van der Waals surface area contributed by atoms with Crippen LogP contribution in [0.25, 0.3) is 0 Å². The van der Waals surface area contributed by atoms with Gasteiger partial charge in [0.05, 0.1) is 5.56 Å². The number of carboxylic acids is 1. The Balaban J connectivity index is 0.00000151. The topological polar surface area (TPSA) is 63.6 Å². The van der Waals surface area contributed by atoms with E-state index in [1.54, 1.807) is 24.3 Å². The number of rotatable bonds is 5. The highest BCUT2D eigenvalue weighted by molar-refractivity contribution is 5.95. The maximum absolute atomic E-state index is 12.4. The highest BCUT2D eigenvalue weighted by atomic mass is 16.5. The van der Waals surface area contributed by atoms with Crippen molar-refractivity contribution in [2.75, 3.05) is 0 Å². The minimum atomic E-state index is -1.13. The van der Waals surface area contributed by atoms with Crippen molar-refractivity contribution in [2.45, 2.75) is 47.0 Å². The van der Waals surface area contributed by atoms with E-state index in [1.165, 1.54) is 12.1 Å². The van der Waals surface area contributed by atoms with Crippen LogP contribution in [-0.2, 0) is 6.42 Å². The normalized spacial score (nSPS) is 10.0. The van der Waals surface area contributed by atoms with E-state index in [0.29, 0.717) is 11.5 Å². The van der Waals surface area contributed by atoms with Crippen LogP contribution in [-0.4, -0.2) is 17.0 Å². The van der Waals surface area contributed by atoms with Crippen LogP contribution in [0, 0.1) is 0 Å². The fourth-order valence-corrected chi connectivity index (χ4v) is 2.26. The van der Waals surface area contributed by atoms with Gasteiger partial charge in [-0.1, -0.05) is 52.8 Å². The fourth-order valence-electron chi connectivity index (χ4n) is 2.26. The second-order valence-corrected chi connectivity index (χ2v) is 5.66. The smallest absolute Gasteiger partial charge is 0.343 e. The van der Waals surface area contributed by atoms with Gasteiger partial charge >= 0.3 is 11.9 Å². The lowest BCUT2D eigenvalue weighted by atomic mass is 9.97. The Kier molecular flexibility index (Phi) is 7.86. The van der Waals surface area contributed by atoms with Gasteiger partial charge in [0.2, 0.25) is 0 Å². The molecule has 0 aliphatic carbocycles. The molecule has 0 aliphatic rings. The summed E-state index contributed by atoms with van der Waals surface area (Å²) in [4.78, 5) is 23.6. The Morgan fingerprint density at radius 3 is 2.28 bits per heavy atom. The van der Waals surface area contributed by atoms with Crippen LogP contribution < -0.4 is 4.74 Å². The summed E-state index contributed by atoms with van der Waals surface area (Å²) in [6, 6.07) is 11.8. The van der Waals surface area contributed by atoms with E-state index >= 15 is 0 Å². The minimum Gasteiger partial charge on any atom is -0.478 e. The van der Waals surface area contributed by atoms with Crippen LogP contribution in [0.1, 0.15) is 72.4 Å². The molecule has 2 rings (SSSR count). The van der Waals surface area contributed by atoms with Gasteiger partial charge in [-0.05, 0) is 47.7 Å². The second kappa shape index (κ2) is 9.62. The minimum absolute atomic E-state index is 0.0309. The summed E-state index contributed by atoms with van der Waals surface area (Å²) in [7, 11) is 0. The molecular formula is C21H26O4. The zero-order valence-electron chi connectivity index (χ0n) is 15.5. The lowest BCUT2D eigenvalue weighted by Crippen LogP contribution is -2.12. The number of carbonyl (C=O) groups excluding carboxylic acids is 1. The van der Waals surface area contributed by atoms with Crippen LogP contribution in [0.3, 0.4) is 0 Å². The largest absolute Gasteiger partial charge is 0.478 e. The van der Waals surface area contributed by atoms with Crippen molar-refractivity contribution < 1.29 is 19.4 Å². The van der Waals surface area contributed by atoms with Crippen LogP contribution in [0.5, 0.6) is 5.75 Å². The summed E-state index contributed by atoms with van der Waals surface area (Å²) in [6.07, 6.45) is 0.812. The zero-order valence-corrected chi connectivity index (χ0v) is 15.5. The molecule has 0 amide bonds. The number of aromatic carboxylic acids is 1. The number of hydrogen-bond acceptors (Lipinski definition) is 3. The summed E-state index contributed by atoms with van der Waals surface area (Å²) in [5.41, 5.74) is 2.52. The summed E-state index contributed by atoms with van der Waals surface area (Å²) in [6.45, 7) is 10.1. The predicted molar refractivity (Wildman–Crippen MR) is 99.6 cm³/mol. The first kappa shape index (κ1) is 20.4. The number of carboxylic acid groups (broad SMARTS) is 1. The van der Waals surface area contributed by atoms with Crippen LogP contribution >= 0.6 is 0 Å². The Morgan fingerprint density at radius 2 is 1.72 bits per heavy atom. The molecule has 2 aromatic carbocycles. The molecule has 0 unspecified atom stereocenters. The lowest BCUT2D eigenvalue weighted by molar-refractivity contribution is 0.0681. The third-order valence-corrected chi connectivity index (χ3v) is 3.65. The number of esters is 1. The van der Waals surface area contributed by atoms with Crippen LogP contribution in [0.15, 0.2) is 42.5 Å². The van der Waals surface area contributed by atoms with Crippen LogP contribution in [0.4, 0.5) is 0 Å². The van der Waals surface area contributed by atoms with Gasteiger partial charge in [0.25, 0.3) is 0 Å². The van der Waals surface area contributed by atoms with Gasteiger partial charge in [0.1, 0.15) is 11.3 Å². The monoisotopic (exact) mass is 342 g/mol. The molecule has 25 heavy (non-hydrogen) atoms. The van der Waals surface area contributed by atoms with Crippen LogP contribution in [0.2, 0.25) is 0 Å². The molecule has 0 bridgehead atoms. The number of hydrogen-bond donors (Lipinski definition) is 1. The standard InChI is InChI=1S/C19H20O4.C2H6/c1-4-13-9-14(12(2)3)11-15(10-13)19(22)23-17-8-6-5-7-16(17)18(20)21;1-2/h5-12H,4H2,1-3H3,(H,20,21);1-2H3. The molecule has 4 heteroatoms. The van der Waals surface area contributed by atoms with Crippen molar-refractivity contribution in [3.05, 3.63) is 64.7 Å². The molecule has 0 saturated carbocycles. The molecule has 4 nitrogen and oxygen atoms in total. The molecule has 0 saturated heterocycles. The lowest BCUT2D eigenvalue weighted by Gasteiger charge is -2.12. The van der Waals surface area contributed by atoms with Crippen molar-refractivity contribution in [3.8, 4) is 5.75 Å². The third kappa shape index (κ3) is 5.45. The molecule has 0 atom stereocenters. The number of ether oxygens (including phenoxy) is 1. The summed E-state index contributed by atoms with van der Waals surface area (Å²) in [5, 5.41) is 9.16. The predicted octanol–water partition coefficient (Wildman–Crippen LogP) is 5.32. The van der Waals surface area contributed by atoms with E-state index < -0.39 is 11.9 Å². The van der Waals surface area contributed by atoms with Crippen molar-refractivity contribution >= 4 is 11.9 Å². The SMILES string of the molecule is CC.CCc1cc(C(=O)Oc2ccccc2C(=O)O)cc(C(C)C)c1. The van der Waals surface area contributed by atoms with Crippen molar-refractivity contribution in [1.82, 2.24) is 0 Å². The molecule has 134 valence electrons. The number of aryl methyl sites for hydroxylation is 1. The summed E-state index contributed by atoms with van der Waals surface area (Å²) in [5.74, 6) is -1.33. The van der Waals surface area contributed by atoms with E-state index in [9.17, 15) is 9.59 Å². The van der Waals surface area contributed by atoms with Gasteiger partial charge in [0.15, 0.2) is 0 Å². The van der Waals surface area contributed by atoms with Gasteiger partial charge in [-0.2, -0.15) is 0 Å². The molecule has 0 heterocycles. The van der Waals surface area contributed by atoms with Gasteiger partial charge in [-0.15, -0.1) is 0 Å². The van der Waals surface area contributed by atoms with Crippen molar-refractivity contribution in [1.29, 1.82) is 0 Å². The molecule has 0 spiro atoms. The summed E-state index contributed by atoms with van der Waals surface area (Å²) < 4.78 is 5.31. The number of para-hydroxylation sites is 1. The van der Waals surface area contributed by atoms with Gasteiger partial charge in [-0.25, -0.2) is 9.59 Å². The average Bonchev–Trinajstić information content (AvgIpc) is 2.63. The maximum atomic E-state index is 12.4. The van der Waals surface area contributed by atoms with Gasteiger partial charge in [-0.3, -0.25) is 0 Å². The van der Waals surface area contributed by atoms with E-state index in [1.807, 2.05) is 20.8 Å². The Hall–Kier alpha value is -2.62. The average molecular weight is 342 g/mol. The molecule has 0 fully saturated rings. The van der Waals surface area contributed by atoms with Crippen molar-refractivity contribution in [3.63, 3.8) is 0 Å². The third-order valence-electron chi connectivity index (χ3n) is 3.65. The van der Waals surface area contributed by atoms with E-state index in [2.05, 4.69) is 19.9 Å². The molecule has 1 N–H and O–H groups in total. The number of benzene rings is 2. The van der Waals surface area contributed by atoms with Gasteiger partial charge in [0, 0.05) is 0 Å². The fraction of sp³-hybridized carbons (Fsp3) is 0.333. The first-order valence-corrected chi connectivity index (χ1v) is 8.60. The molecule has 2 aromatic rings. The van der Waals surface area contributed by atoms with E-state index in [4.69, 9.17) is 9.84 Å². The second-order valence-electron chi connectivity index (χ2n) is 5.66. The van der Waals surface area contributed by atoms with E-state index in [0.717, 1.165) is 17.5 Å². The zero-order chi connectivity index (χ0) is 19.0. The Morgan fingerprint density at radius 1 is 1.08 bits per heavy atom. The first-order valence-electron chi connectivity index (χ1n) is 8.60. The molecular weight excluding hydrogens is 316 g/mol. The quantitative estimate of drug-likeness (QED) is 0.590. The first-order chi connectivity index (χ1) is 11.9. The Labute approximate surface area is 149 Å².